The molecule has 0 aromatic rings. The van der Waals surface area contributed by atoms with Crippen LogP contribution in [0, 0.1) is 5.92 Å². The van der Waals surface area contributed by atoms with Crippen LogP contribution in [0.15, 0.2) is 0 Å². The number of rotatable bonds is 5. The van der Waals surface area contributed by atoms with E-state index in [0.717, 1.165) is 13.0 Å². The summed E-state index contributed by atoms with van der Waals surface area (Å²) >= 11 is 11.9. The van der Waals surface area contributed by atoms with Gasteiger partial charge in [-0.1, -0.05) is 13.3 Å². The summed E-state index contributed by atoms with van der Waals surface area (Å²) < 4.78 is -0.432. The molecule has 0 aromatic heterocycles. The molecular formula is C9H17Cl2N. The minimum Gasteiger partial charge on any atom is -0.314 e. The molecule has 0 unspecified atom stereocenters. The van der Waals surface area contributed by atoms with Crippen LogP contribution in [0.4, 0.5) is 0 Å². The van der Waals surface area contributed by atoms with E-state index in [4.69, 9.17) is 23.2 Å². The average Bonchev–Trinajstić information content (AvgIpc) is 2.60. The van der Waals surface area contributed by atoms with Crippen molar-refractivity contribution in [2.24, 2.45) is 5.92 Å². The molecule has 1 fully saturated rings. The van der Waals surface area contributed by atoms with Crippen molar-refractivity contribution < 1.29 is 0 Å². The second kappa shape index (κ2) is 4.17. The van der Waals surface area contributed by atoms with Crippen LogP contribution in [0.3, 0.4) is 0 Å². The highest BCUT2D eigenvalue weighted by atomic mass is 35.5. The molecule has 12 heavy (non-hydrogen) atoms. The van der Waals surface area contributed by atoms with Gasteiger partial charge in [0.2, 0.25) is 0 Å². The van der Waals surface area contributed by atoms with Crippen molar-refractivity contribution in [2.75, 3.05) is 6.54 Å². The predicted molar refractivity (Wildman–Crippen MR) is 54.9 cm³/mol. The summed E-state index contributed by atoms with van der Waals surface area (Å²) in [5.74, 6) is 0.456. The Bertz CT molecular complexity index is 147. The van der Waals surface area contributed by atoms with Crippen LogP contribution >= 0.6 is 23.2 Å². The minimum absolute atomic E-state index is 0.432. The van der Waals surface area contributed by atoms with Crippen molar-refractivity contribution in [3.05, 3.63) is 0 Å². The molecule has 0 aliphatic heterocycles. The van der Waals surface area contributed by atoms with E-state index in [1.165, 1.54) is 12.8 Å². The lowest BCUT2D eigenvalue weighted by atomic mass is 10.2. The number of hydrogen-bond donors (Lipinski definition) is 1. The van der Waals surface area contributed by atoms with Gasteiger partial charge in [0, 0.05) is 12.0 Å². The van der Waals surface area contributed by atoms with Crippen molar-refractivity contribution >= 4 is 23.2 Å². The van der Waals surface area contributed by atoms with Crippen LogP contribution in [0.2, 0.25) is 0 Å². The number of alkyl halides is 2. The van der Waals surface area contributed by atoms with E-state index in [1.54, 1.807) is 0 Å². The normalized spacial score (nSPS) is 28.5. The monoisotopic (exact) mass is 209 g/mol. The summed E-state index contributed by atoms with van der Waals surface area (Å²) in [6.45, 7) is 5.43. The summed E-state index contributed by atoms with van der Waals surface area (Å²) in [7, 11) is 0. The molecule has 0 spiro atoms. The summed E-state index contributed by atoms with van der Waals surface area (Å²) in [6.07, 6.45) is 3.41. The fraction of sp³-hybridized carbons (Fsp3) is 1.00. The molecule has 1 rings (SSSR count). The van der Waals surface area contributed by atoms with Gasteiger partial charge in [0.1, 0.15) is 4.33 Å². The highest BCUT2D eigenvalue weighted by molar-refractivity contribution is 6.50. The molecule has 1 saturated carbocycles. The third-order valence-electron chi connectivity index (χ3n) is 2.47. The Morgan fingerprint density at radius 3 is 2.58 bits per heavy atom. The molecule has 1 nitrogen and oxygen atoms in total. The fourth-order valence-electron chi connectivity index (χ4n) is 1.43. The maximum Gasteiger partial charge on any atom is 0.123 e. The van der Waals surface area contributed by atoms with Crippen molar-refractivity contribution in [3.8, 4) is 0 Å². The molecule has 2 atom stereocenters. The zero-order valence-electron chi connectivity index (χ0n) is 7.74. The second-order valence-corrected chi connectivity index (χ2v) is 5.21. The Balaban J connectivity index is 2.09. The van der Waals surface area contributed by atoms with Gasteiger partial charge in [-0.3, -0.25) is 0 Å². The maximum atomic E-state index is 5.94. The molecular weight excluding hydrogens is 193 g/mol. The van der Waals surface area contributed by atoms with E-state index < -0.39 is 4.33 Å². The molecule has 1 aliphatic carbocycles. The van der Waals surface area contributed by atoms with Crippen LogP contribution < -0.4 is 5.32 Å². The Labute approximate surface area is 84.8 Å². The summed E-state index contributed by atoms with van der Waals surface area (Å²) in [5, 5.41) is 3.43. The van der Waals surface area contributed by atoms with E-state index in [1.807, 2.05) is 0 Å². The molecule has 0 bridgehead atoms. The van der Waals surface area contributed by atoms with Gasteiger partial charge in [0.05, 0.1) is 0 Å². The summed E-state index contributed by atoms with van der Waals surface area (Å²) in [5.41, 5.74) is 0. The highest BCUT2D eigenvalue weighted by Gasteiger charge is 2.54. The maximum absolute atomic E-state index is 5.94. The molecule has 0 saturated heterocycles. The topological polar surface area (TPSA) is 12.0 Å². The third kappa shape index (κ3) is 2.79. The molecule has 0 aromatic carbocycles. The minimum atomic E-state index is -0.432. The van der Waals surface area contributed by atoms with E-state index in [0.29, 0.717) is 12.0 Å². The van der Waals surface area contributed by atoms with Gasteiger partial charge in [-0.2, -0.15) is 0 Å². The van der Waals surface area contributed by atoms with Gasteiger partial charge < -0.3 is 5.32 Å². The predicted octanol–water partition coefficient (Wildman–Crippen LogP) is 2.96. The first-order valence-corrected chi connectivity index (χ1v) is 5.44. The van der Waals surface area contributed by atoms with Gasteiger partial charge in [-0.05, 0) is 26.3 Å². The first-order valence-electron chi connectivity index (χ1n) is 4.69. The zero-order valence-corrected chi connectivity index (χ0v) is 9.25. The number of unbranched alkanes of at least 4 members (excludes halogenated alkanes) is 1. The average molecular weight is 210 g/mol. The molecule has 3 heteroatoms. The Hall–Kier alpha value is 0.540. The van der Waals surface area contributed by atoms with Crippen LogP contribution in [0.25, 0.3) is 0 Å². The van der Waals surface area contributed by atoms with Crippen LogP contribution in [-0.2, 0) is 0 Å². The number of hydrogen-bond acceptors (Lipinski definition) is 1. The van der Waals surface area contributed by atoms with Gasteiger partial charge >= 0.3 is 0 Å². The van der Waals surface area contributed by atoms with E-state index in [2.05, 4.69) is 19.2 Å². The van der Waals surface area contributed by atoms with E-state index in [9.17, 15) is 0 Å². The van der Waals surface area contributed by atoms with Gasteiger partial charge in [0.25, 0.3) is 0 Å². The lowest BCUT2D eigenvalue weighted by Gasteiger charge is -2.13. The molecule has 0 amide bonds. The lowest BCUT2D eigenvalue weighted by molar-refractivity contribution is 0.485. The third-order valence-corrected chi connectivity index (χ3v) is 3.34. The van der Waals surface area contributed by atoms with E-state index in [-0.39, 0.29) is 0 Å². The Morgan fingerprint density at radius 1 is 1.58 bits per heavy atom. The first kappa shape index (κ1) is 10.6. The lowest BCUT2D eigenvalue weighted by Crippen LogP contribution is -2.30. The van der Waals surface area contributed by atoms with Crippen molar-refractivity contribution in [1.29, 1.82) is 0 Å². The molecule has 72 valence electrons. The quantitative estimate of drug-likeness (QED) is 0.543. The number of nitrogens with one attached hydrogen (secondary N) is 1. The smallest absolute Gasteiger partial charge is 0.123 e. The van der Waals surface area contributed by atoms with Crippen molar-refractivity contribution in [3.63, 3.8) is 0 Å². The second-order valence-electron chi connectivity index (χ2n) is 3.67. The number of halogens is 2. The van der Waals surface area contributed by atoms with Gasteiger partial charge in [0.15, 0.2) is 0 Å². The SMILES string of the molecule is CCCCN[C@H](C)[C@H]1CC1(Cl)Cl. The fourth-order valence-corrected chi connectivity index (χ4v) is 2.14. The summed E-state index contributed by atoms with van der Waals surface area (Å²) in [6, 6.07) is 0.464. The van der Waals surface area contributed by atoms with E-state index >= 15 is 0 Å². The van der Waals surface area contributed by atoms with Crippen LogP contribution in [0.5, 0.6) is 0 Å². The van der Waals surface area contributed by atoms with Crippen molar-refractivity contribution in [2.45, 2.75) is 43.5 Å². The molecule has 0 radical (unpaired) electrons. The highest BCUT2D eigenvalue weighted by Crippen LogP contribution is 2.54. The standard InChI is InChI=1S/C9H17Cl2N/c1-3-4-5-12-7(2)8-6-9(8,10)11/h7-8,12H,3-6H2,1-2H3/t7-,8-/m1/s1. The largest absolute Gasteiger partial charge is 0.314 e. The molecule has 1 N–H and O–H groups in total. The first-order chi connectivity index (χ1) is 5.58. The summed E-state index contributed by atoms with van der Waals surface area (Å²) in [4.78, 5) is 0. The molecule has 1 aliphatic rings. The zero-order chi connectivity index (χ0) is 9.19. The van der Waals surface area contributed by atoms with Crippen LogP contribution in [-0.4, -0.2) is 16.9 Å². The van der Waals surface area contributed by atoms with Gasteiger partial charge in [-0.25, -0.2) is 0 Å². The van der Waals surface area contributed by atoms with Crippen LogP contribution in [0.1, 0.15) is 33.1 Å². The van der Waals surface area contributed by atoms with Gasteiger partial charge in [-0.15, -0.1) is 23.2 Å². The molecule has 0 heterocycles. The Kier molecular flexibility index (Phi) is 3.69. The Morgan fingerprint density at radius 2 is 2.17 bits per heavy atom. The van der Waals surface area contributed by atoms with Crippen molar-refractivity contribution in [1.82, 2.24) is 5.32 Å².